The van der Waals surface area contributed by atoms with Crippen molar-refractivity contribution in [2.75, 3.05) is 20.3 Å². The number of amides is 2. The average molecular weight is 290 g/mol. The molecule has 2 unspecified atom stereocenters. The number of ether oxygens (including phenoxy) is 1. The summed E-state index contributed by atoms with van der Waals surface area (Å²) in [6, 6.07) is 8.77. The van der Waals surface area contributed by atoms with E-state index < -0.39 is 6.04 Å². The van der Waals surface area contributed by atoms with Crippen LogP contribution in [-0.4, -0.2) is 43.0 Å². The SMILES string of the molecule is CCCC(COC)N1C(=O)CNC(=O)C1c1ccccc1. The molecule has 1 heterocycles. The lowest BCUT2D eigenvalue weighted by Crippen LogP contribution is -2.57. The highest BCUT2D eigenvalue weighted by Gasteiger charge is 2.39. The molecule has 0 aromatic heterocycles. The highest BCUT2D eigenvalue weighted by Crippen LogP contribution is 2.27. The monoisotopic (exact) mass is 290 g/mol. The van der Waals surface area contributed by atoms with Gasteiger partial charge in [-0.15, -0.1) is 0 Å². The van der Waals surface area contributed by atoms with E-state index in [9.17, 15) is 9.59 Å². The van der Waals surface area contributed by atoms with Crippen LogP contribution in [0.4, 0.5) is 0 Å². The molecule has 0 spiro atoms. The Bertz CT molecular complexity index is 484. The summed E-state index contributed by atoms with van der Waals surface area (Å²) in [7, 11) is 1.62. The van der Waals surface area contributed by atoms with Crippen molar-refractivity contribution in [1.29, 1.82) is 0 Å². The van der Waals surface area contributed by atoms with E-state index in [0.717, 1.165) is 18.4 Å². The molecule has 1 saturated heterocycles. The van der Waals surface area contributed by atoms with Gasteiger partial charge in [-0.2, -0.15) is 0 Å². The minimum Gasteiger partial charge on any atom is -0.383 e. The van der Waals surface area contributed by atoms with Crippen LogP contribution in [0.3, 0.4) is 0 Å². The van der Waals surface area contributed by atoms with Crippen LogP contribution < -0.4 is 5.32 Å². The lowest BCUT2D eigenvalue weighted by Gasteiger charge is -2.40. The standard InChI is InChI=1S/C16H22N2O3/c1-3-7-13(11-21-2)18-14(19)10-17-16(20)15(18)12-8-5-4-6-9-12/h4-6,8-9,13,15H,3,7,10-11H2,1-2H3,(H,17,20). The number of nitrogens with zero attached hydrogens (tertiary/aromatic N) is 1. The first-order valence-electron chi connectivity index (χ1n) is 7.31. The first-order valence-corrected chi connectivity index (χ1v) is 7.31. The number of nitrogens with one attached hydrogen (secondary N) is 1. The lowest BCUT2D eigenvalue weighted by atomic mass is 9.98. The molecular weight excluding hydrogens is 268 g/mol. The van der Waals surface area contributed by atoms with Crippen LogP contribution in [0.25, 0.3) is 0 Å². The second-order valence-corrected chi connectivity index (χ2v) is 5.23. The van der Waals surface area contributed by atoms with Gasteiger partial charge in [0.25, 0.3) is 0 Å². The first kappa shape index (κ1) is 15.5. The Labute approximate surface area is 125 Å². The van der Waals surface area contributed by atoms with Crippen molar-refractivity contribution in [3.63, 3.8) is 0 Å². The van der Waals surface area contributed by atoms with Gasteiger partial charge in [-0.05, 0) is 12.0 Å². The summed E-state index contributed by atoms with van der Waals surface area (Å²) in [5, 5.41) is 2.68. The number of carbonyl (C=O) groups excluding carboxylic acids is 2. The fraction of sp³-hybridized carbons (Fsp3) is 0.500. The number of methoxy groups -OCH3 is 1. The van der Waals surface area contributed by atoms with Crippen molar-refractivity contribution in [1.82, 2.24) is 10.2 Å². The van der Waals surface area contributed by atoms with E-state index in [1.54, 1.807) is 12.0 Å². The number of benzene rings is 1. The normalized spacial score (nSPS) is 20.3. The van der Waals surface area contributed by atoms with Crippen LogP contribution in [-0.2, 0) is 14.3 Å². The van der Waals surface area contributed by atoms with E-state index >= 15 is 0 Å². The second kappa shape index (κ2) is 7.22. The summed E-state index contributed by atoms with van der Waals surface area (Å²) in [5.41, 5.74) is 0.834. The Morgan fingerprint density at radius 2 is 2.05 bits per heavy atom. The Balaban J connectivity index is 2.35. The van der Waals surface area contributed by atoms with Gasteiger partial charge in [-0.25, -0.2) is 0 Å². The van der Waals surface area contributed by atoms with E-state index in [4.69, 9.17) is 4.74 Å². The number of rotatable bonds is 6. The Morgan fingerprint density at radius 1 is 1.33 bits per heavy atom. The quantitative estimate of drug-likeness (QED) is 0.864. The summed E-state index contributed by atoms with van der Waals surface area (Å²) < 4.78 is 5.25. The Kier molecular flexibility index (Phi) is 5.33. The van der Waals surface area contributed by atoms with E-state index in [1.807, 2.05) is 30.3 Å². The zero-order valence-electron chi connectivity index (χ0n) is 12.5. The largest absolute Gasteiger partial charge is 0.383 e. The van der Waals surface area contributed by atoms with Crippen LogP contribution in [0, 0.1) is 0 Å². The minimum absolute atomic E-state index is 0.0565. The molecule has 0 bridgehead atoms. The molecule has 5 heteroatoms. The van der Waals surface area contributed by atoms with Gasteiger partial charge in [0, 0.05) is 7.11 Å². The average Bonchev–Trinajstić information content (AvgIpc) is 2.50. The molecule has 1 aromatic carbocycles. The van der Waals surface area contributed by atoms with Crippen LogP contribution in [0.2, 0.25) is 0 Å². The van der Waals surface area contributed by atoms with Crippen molar-refractivity contribution in [2.24, 2.45) is 0 Å². The molecule has 2 amide bonds. The first-order chi connectivity index (χ1) is 10.2. The predicted octanol–water partition coefficient (Wildman–Crippen LogP) is 1.50. The molecule has 1 N–H and O–H groups in total. The third-order valence-electron chi connectivity index (χ3n) is 3.72. The minimum atomic E-state index is -0.570. The fourth-order valence-corrected chi connectivity index (χ4v) is 2.81. The Morgan fingerprint density at radius 3 is 2.67 bits per heavy atom. The van der Waals surface area contributed by atoms with Gasteiger partial charge in [-0.3, -0.25) is 9.59 Å². The summed E-state index contributed by atoms with van der Waals surface area (Å²) >= 11 is 0. The van der Waals surface area contributed by atoms with Gasteiger partial charge >= 0.3 is 0 Å². The van der Waals surface area contributed by atoms with Crippen LogP contribution in [0.1, 0.15) is 31.4 Å². The molecule has 2 rings (SSSR count). The number of hydrogen-bond donors (Lipinski definition) is 1. The topological polar surface area (TPSA) is 58.6 Å². The fourth-order valence-electron chi connectivity index (χ4n) is 2.81. The molecule has 21 heavy (non-hydrogen) atoms. The van der Waals surface area contributed by atoms with Gasteiger partial charge in [0.05, 0.1) is 19.2 Å². The summed E-state index contributed by atoms with van der Waals surface area (Å²) in [6.45, 7) is 2.57. The molecular formula is C16H22N2O3. The Hall–Kier alpha value is -1.88. The van der Waals surface area contributed by atoms with Crippen molar-refractivity contribution in [2.45, 2.75) is 31.8 Å². The summed E-state index contributed by atoms with van der Waals surface area (Å²) in [6.07, 6.45) is 1.75. The van der Waals surface area contributed by atoms with Crippen LogP contribution in [0.15, 0.2) is 30.3 Å². The van der Waals surface area contributed by atoms with Gasteiger partial charge in [0.1, 0.15) is 6.04 Å². The van der Waals surface area contributed by atoms with Crippen molar-refractivity contribution in [3.05, 3.63) is 35.9 Å². The molecule has 1 aromatic rings. The van der Waals surface area contributed by atoms with E-state index in [-0.39, 0.29) is 24.4 Å². The number of piperazine rings is 1. The molecule has 0 radical (unpaired) electrons. The van der Waals surface area contributed by atoms with Crippen molar-refractivity contribution >= 4 is 11.8 Å². The van der Waals surface area contributed by atoms with Crippen LogP contribution >= 0.6 is 0 Å². The zero-order valence-corrected chi connectivity index (χ0v) is 12.5. The summed E-state index contributed by atoms with van der Waals surface area (Å²) in [5.74, 6) is -0.183. The molecule has 114 valence electrons. The van der Waals surface area contributed by atoms with Crippen molar-refractivity contribution in [3.8, 4) is 0 Å². The van der Waals surface area contributed by atoms with Gasteiger partial charge in [-0.1, -0.05) is 43.7 Å². The molecule has 1 fully saturated rings. The molecule has 1 aliphatic heterocycles. The smallest absolute Gasteiger partial charge is 0.247 e. The maximum absolute atomic E-state index is 12.4. The van der Waals surface area contributed by atoms with E-state index in [1.165, 1.54) is 0 Å². The second-order valence-electron chi connectivity index (χ2n) is 5.23. The highest BCUT2D eigenvalue weighted by atomic mass is 16.5. The zero-order chi connectivity index (χ0) is 15.2. The maximum Gasteiger partial charge on any atom is 0.247 e. The summed E-state index contributed by atoms with van der Waals surface area (Å²) in [4.78, 5) is 26.4. The highest BCUT2D eigenvalue weighted by molar-refractivity contribution is 5.95. The van der Waals surface area contributed by atoms with Crippen LogP contribution in [0.5, 0.6) is 0 Å². The molecule has 5 nitrogen and oxygen atoms in total. The third-order valence-corrected chi connectivity index (χ3v) is 3.72. The third kappa shape index (κ3) is 3.42. The van der Waals surface area contributed by atoms with E-state index in [0.29, 0.717) is 6.61 Å². The molecule has 1 aliphatic rings. The van der Waals surface area contributed by atoms with Gasteiger partial charge < -0.3 is 15.0 Å². The van der Waals surface area contributed by atoms with Gasteiger partial charge in [0.15, 0.2) is 0 Å². The number of carbonyl (C=O) groups is 2. The predicted molar refractivity (Wildman–Crippen MR) is 79.6 cm³/mol. The molecule has 0 aliphatic carbocycles. The molecule has 2 atom stereocenters. The van der Waals surface area contributed by atoms with Gasteiger partial charge in [0.2, 0.25) is 11.8 Å². The molecule has 0 saturated carbocycles. The van der Waals surface area contributed by atoms with E-state index in [2.05, 4.69) is 12.2 Å². The lowest BCUT2D eigenvalue weighted by molar-refractivity contribution is -0.150. The number of hydrogen-bond acceptors (Lipinski definition) is 3. The van der Waals surface area contributed by atoms with Crippen molar-refractivity contribution < 1.29 is 14.3 Å². The maximum atomic E-state index is 12.4.